The second kappa shape index (κ2) is 5.03. The minimum Gasteiger partial charge on any atom is -0.468 e. The number of likely N-dealkylation sites (tertiary alicyclic amines) is 1. The largest absolute Gasteiger partial charge is 0.468 e. The third kappa shape index (κ3) is 2.32. The second-order valence-corrected chi connectivity index (χ2v) is 5.58. The lowest BCUT2D eigenvalue weighted by molar-refractivity contribution is -0.0583. The van der Waals surface area contributed by atoms with E-state index >= 15 is 0 Å². The first-order valence-corrected chi connectivity index (χ1v) is 6.86. The first kappa shape index (κ1) is 12.2. The fourth-order valence-electron chi connectivity index (χ4n) is 3.18. The highest BCUT2D eigenvalue weighted by atomic mass is 16.5. The molecule has 2 fully saturated rings. The van der Waals surface area contributed by atoms with Crippen molar-refractivity contribution in [3.8, 4) is 0 Å². The number of rotatable bonds is 3. The minimum atomic E-state index is 0.371. The fourth-order valence-corrected chi connectivity index (χ4v) is 3.18. The molecule has 0 unspecified atom stereocenters. The monoisotopic (exact) mass is 250 g/mol. The van der Waals surface area contributed by atoms with Crippen molar-refractivity contribution in [1.29, 1.82) is 0 Å². The van der Waals surface area contributed by atoms with Gasteiger partial charge in [-0.15, -0.1) is 0 Å². The van der Waals surface area contributed by atoms with Gasteiger partial charge >= 0.3 is 0 Å². The summed E-state index contributed by atoms with van der Waals surface area (Å²) >= 11 is 0. The van der Waals surface area contributed by atoms with E-state index in [1.54, 1.807) is 6.26 Å². The molecule has 2 aliphatic rings. The molecule has 1 aromatic heterocycles. The van der Waals surface area contributed by atoms with Gasteiger partial charge in [0.15, 0.2) is 0 Å². The molecule has 2 atom stereocenters. The highest BCUT2D eigenvalue weighted by Gasteiger charge is 2.40. The Balaban J connectivity index is 1.65. The minimum absolute atomic E-state index is 0.371. The molecule has 4 heteroatoms. The Kier molecular flexibility index (Phi) is 3.41. The maximum atomic E-state index is 5.92. The Bertz CT molecular complexity index is 377. The van der Waals surface area contributed by atoms with Gasteiger partial charge in [0.05, 0.1) is 31.6 Å². The quantitative estimate of drug-likeness (QED) is 0.814. The van der Waals surface area contributed by atoms with Crippen molar-refractivity contribution in [1.82, 2.24) is 9.80 Å². The van der Waals surface area contributed by atoms with Crippen LogP contribution in [-0.4, -0.2) is 54.2 Å². The Morgan fingerprint density at radius 1 is 1.39 bits per heavy atom. The van der Waals surface area contributed by atoms with E-state index in [0.717, 1.165) is 38.5 Å². The average Bonchev–Trinajstić information content (AvgIpc) is 2.96. The van der Waals surface area contributed by atoms with Crippen LogP contribution in [0.25, 0.3) is 0 Å². The molecular weight excluding hydrogens is 228 g/mol. The lowest BCUT2D eigenvalue weighted by Gasteiger charge is -2.39. The van der Waals surface area contributed by atoms with Gasteiger partial charge in [-0.2, -0.15) is 0 Å². The number of furan rings is 1. The summed E-state index contributed by atoms with van der Waals surface area (Å²) in [5.41, 5.74) is 0. The van der Waals surface area contributed by atoms with Gasteiger partial charge in [-0.1, -0.05) is 0 Å². The van der Waals surface area contributed by atoms with Crippen LogP contribution in [0.3, 0.4) is 0 Å². The Morgan fingerprint density at radius 3 is 3.00 bits per heavy atom. The summed E-state index contributed by atoms with van der Waals surface area (Å²) in [6.07, 6.45) is 2.12. The van der Waals surface area contributed by atoms with Crippen molar-refractivity contribution in [3.05, 3.63) is 24.2 Å². The van der Waals surface area contributed by atoms with Crippen LogP contribution in [0.2, 0.25) is 0 Å². The lowest BCUT2D eigenvalue weighted by Crippen LogP contribution is -2.53. The van der Waals surface area contributed by atoms with Gasteiger partial charge in [-0.3, -0.25) is 9.80 Å². The zero-order valence-corrected chi connectivity index (χ0v) is 11.2. The molecule has 0 radical (unpaired) electrons. The maximum Gasteiger partial charge on any atom is 0.117 e. The first-order chi connectivity index (χ1) is 8.74. The maximum absolute atomic E-state index is 5.92. The van der Waals surface area contributed by atoms with Crippen LogP contribution in [-0.2, 0) is 11.3 Å². The van der Waals surface area contributed by atoms with Gasteiger partial charge in [0, 0.05) is 25.7 Å². The van der Waals surface area contributed by atoms with Gasteiger partial charge in [-0.25, -0.2) is 0 Å². The van der Waals surface area contributed by atoms with Crippen molar-refractivity contribution in [2.45, 2.75) is 38.6 Å². The molecule has 0 amide bonds. The van der Waals surface area contributed by atoms with Crippen LogP contribution in [0.15, 0.2) is 22.8 Å². The standard InChI is InChI=1S/C14H22N2O2/c1-11(2)16-5-7-18-14-10-15(9-13(14)16)8-12-4-3-6-17-12/h3-4,6,11,13-14H,5,7-10H2,1-2H3/t13-,14+/m0/s1. The molecule has 3 rings (SSSR count). The molecule has 2 aliphatic heterocycles. The van der Waals surface area contributed by atoms with E-state index in [0.29, 0.717) is 18.2 Å². The predicted molar refractivity (Wildman–Crippen MR) is 69.4 cm³/mol. The average molecular weight is 250 g/mol. The third-order valence-corrected chi connectivity index (χ3v) is 4.04. The lowest BCUT2D eigenvalue weighted by atomic mass is 10.1. The summed E-state index contributed by atoms with van der Waals surface area (Å²) in [5, 5.41) is 0. The molecule has 0 aliphatic carbocycles. The Morgan fingerprint density at radius 2 is 2.28 bits per heavy atom. The van der Waals surface area contributed by atoms with E-state index in [-0.39, 0.29) is 0 Å². The second-order valence-electron chi connectivity index (χ2n) is 5.58. The summed E-state index contributed by atoms with van der Waals surface area (Å²) < 4.78 is 11.3. The normalized spacial score (nSPS) is 29.9. The molecule has 1 aromatic rings. The number of morpholine rings is 1. The summed E-state index contributed by atoms with van der Waals surface area (Å²) in [4.78, 5) is 5.02. The van der Waals surface area contributed by atoms with Crippen LogP contribution in [0.5, 0.6) is 0 Å². The molecule has 2 saturated heterocycles. The highest BCUT2D eigenvalue weighted by Crippen LogP contribution is 2.25. The summed E-state index contributed by atoms with van der Waals surface area (Å²) in [5.74, 6) is 1.05. The molecule has 0 N–H and O–H groups in total. The Labute approximate surface area is 108 Å². The zero-order chi connectivity index (χ0) is 12.5. The Hall–Kier alpha value is -0.840. The summed E-state index contributed by atoms with van der Waals surface area (Å²) in [6, 6.07) is 5.15. The van der Waals surface area contributed by atoms with Crippen molar-refractivity contribution >= 4 is 0 Å². The van der Waals surface area contributed by atoms with E-state index in [1.807, 2.05) is 12.1 Å². The van der Waals surface area contributed by atoms with E-state index < -0.39 is 0 Å². The molecular formula is C14H22N2O2. The number of hydrogen-bond donors (Lipinski definition) is 0. The van der Waals surface area contributed by atoms with Gasteiger partial charge in [0.2, 0.25) is 0 Å². The van der Waals surface area contributed by atoms with Crippen LogP contribution in [0, 0.1) is 0 Å². The molecule has 3 heterocycles. The fraction of sp³-hybridized carbons (Fsp3) is 0.714. The topological polar surface area (TPSA) is 28.9 Å². The van der Waals surface area contributed by atoms with Crippen LogP contribution in [0.4, 0.5) is 0 Å². The SMILES string of the molecule is CC(C)N1CCO[C@@H]2CN(Cc3ccco3)C[C@@H]21. The molecule has 0 saturated carbocycles. The molecule has 0 aromatic carbocycles. The number of fused-ring (bicyclic) bond motifs is 1. The van der Waals surface area contributed by atoms with E-state index in [2.05, 4.69) is 23.6 Å². The number of nitrogens with zero attached hydrogens (tertiary/aromatic N) is 2. The van der Waals surface area contributed by atoms with Crippen molar-refractivity contribution in [2.24, 2.45) is 0 Å². The molecule has 0 bridgehead atoms. The van der Waals surface area contributed by atoms with Crippen molar-refractivity contribution in [2.75, 3.05) is 26.2 Å². The molecule has 100 valence electrons. The van der Waals surface area contributed by atoms with Crippen molar-refractivity contribution in [3.63, 3.8) is 0 Å². The van der Waals surface area contributed by atoms with Gasteiger partial charge in [-0.05, 0) is 26.0 Å². The van der Waals surface area contributed by atoms with E-state index in [4.69, 9.17) is 9.15 Å². The highest BCUT2D eigenvalue weighted by molar-refractivity contribution is 5.01. The van der Waals surface area contributed by atoms with Gasteiger partial charge in [0.1, 0.15) is 5.76 Å². The summed E-state index contributed by atoms with van der Waals surface area (Å²) in [7, 11) is 0. The van der Waals surface area contributed by atoms with Crippen molar-refractivity contribution < 1.29 is 9.15 Å². The van der Waals surface area contributed by atoms with Crippen LogP contribution in [0.1, 0.15) is 19.6 Å². The smallest absolute Gasteiger partial charge is 0.117 e. The van der Waals surface area contributed by atoms with Gasteiger partial charge in [0.25, 0.3) is 0 Å². The molecule has 18 heavy (non-hydrogen) atoms. The van der Waals surface area contributed by atoms with Gasteiger partial charge < -0.3 is 9.15 Å². The number of ether oxygens (including phenoxy) is 1. The van der Waals surface area contributed by atoms with Crippen LogP contribution >= 0.6 is 0 Å². The predicted octanol–water partition coefficient (Wildman–Crippen LogP) is 1.57. The number of hydrogen-bond acceptors (Lipinski definition) is 4. The summed E-state index contributed by atoms with van der Waals surface area (Å²) in [6.45, 7) is 9.49. The third-order valence-electron chi connectivity index (χ3n) is 4.04. The zero-order valence-electron chi connectivity index (χ0n) is 11.2. The van der Waals surface area contributed by atoms with E-state index in [9.17, 15) is 0 Å². The van der Waals surface area contributed by atoms with E-state index in [1.165, 1.54) is 0 Å². The molecule has 0 spiro atoms. The molecule has 4 nitrogen and oxygen atoms in total. The van der Waals surface area contributed by atoms with Crippen LogP contribution < -0.4 is 0 Å². The first-order valence-electron chi connectivity index (χ1n) is 6.86.